The zero-order chi connectivity index (χ0) is 21.8. The van der Waals surface area contributed by atoms with Gasteiger partial charge in [0.15, 0.2) is 0 Å². The Hall–Kier alpha value is -2.58. The van der Waals surface area contributed by atoms with Crippen molar-refractivity contribution in [2.24, 2.45) is 11.8 Å². The minimum Gasteiger partial charge on any atom is -0.357 e. The molecular weight excluding hydrogens is 395 g/mol. The van der Waals surface area contributed by atoms with Gasteiger partial charge in [0.2, 0.25) is 11.9 Å². The fourth-order valence-electron chi connectivity index (χ4n) is 4.87. The Balaban J connectivity index is 1.26. The van der Waals surface area contributed by atoms with E-state index in [-0.39, 0.29) is 17.6 Å². The second kappa shape index (κ2) is 9.70. The van der Waals surface area contributed by atoms with Crippen LogP contribution >= 0.6 is 0 Å². The van der Waals surface area contributed by atoms with E-state index >= 15 is 0 Å². The number of anilines is 2. The number of aromatic nitrogens is 2. The molecule has 2 aliphatic heterocycles. The Labute approximate surface area is 183 Å². The quantitative estimate of drug-likeness (QED) is 0.740. The number of hydrogen-bond donors (Lipinski definition) is 2. The van der Waals surface area contributed by atoms with Gasteiger partial charge in [0, 0.05) is 49.8 Å². The molecule has 1 aromatic carbocycles. The summed E-state index contributed by atoms with van der Waals surface area (Å²) in [7, 11) is 3.94. The predicted molar refractivity (Wildman–Crippen MR) is 119 cm³/mol. The normalized spacial score (nSPS) is 23.1. The number of piperidine rings is 1. The van der Waals surface area contributed by atoms with Crippen molar-refractivity contribution in [2.45, 2.75) is 31.8 Å². The average Bonchev–Trinajstić information content (AvgIpc) is 3.18. The zero-order valence-corrected chi connectivity index (χ0v) is 18.2. The van der Waals surface area contributed by atoms with Gasteiger partial charge in [-0.3, -0.25) is 9.69 Å². The lowest BCUT2D eigenvalue weighted by Gasteiger charge is -2.37. The Morgan fingerprint density at radius 3 is 2.48 bits per heavy atom. The van der Waals surface area contributed by atoms with Crippen LogP contribution in [0, 0.1) is 17.7 Å². The van der Waals surface area contributed by atoms with Gasteiger partial charge < -0.3 is 15.5 Å². The minimum absolute atomic E-state index is 0.0269. The van der Waals surface area contributed by atoms with Crippen molar-refractivity contribution in [3.63, 3.8) is 0 Å². The van der Waals surface area contributed by atoms with Crippen LogP contribution < -0.4 is 10.6 Å². The van der Waals surface area contributed by atoms with Crippen LogP contribution in [0.15, 0.2) is 36.7 Å². The summed E-state index contributed by atoms with van der Waals surface area (Å²) < 4.78 is 13.1. The van der Waals surface area contributed by atoms with E-state index in [0.717, 1.165) is 51.0 Å². The third-order valence-corrected chi connectivity index (χ3v) is 6.59. The molecule has 2 aliphatic rings. The molecule has 4 rings (SSSR count). The van der Waals surface area contributed by atoms with Gasteiger partial charge in [0.05, 0.1) is 5.92 Å². The highest BCUT2D eigenvalue weighted by Gasteiger charge is 2.39. The SMILES string of the molecule is CNc1ncc(CN2CCC(C3CC(C(=O)Nc4ccc(F)cc4)CN3C)CC2)cn1. The molecule has 0 bridgehead atoms. The van der Waals surface area contributed by atoms with Crippen LogP contribution in [0.1, 0.15) is 24.8 Å². The van der Waals surface area contributed by atoms with Gasteiger partial charge in [-0.2, -0.15) is 0 Å². The van der Waals surface area contributed by atoms with E-state index in [4.69, 9.17) is 0 Å². The van der Waals surface area contributed by atoms with Crippen LogP contribution in [-0.2, 0) is 11.3 Å². The molecule has 0 saturated carbocycles. The van der Waals surface area contributed by atoms with Crippen LogP contribution in [-0.4, -0.2) is 65.4 Å². The van der Waals surface area contributed by atoms with Crippen molar-refractivity contribution >= 4 is 17.5 Å². The van der Waals surface area contributed by atoms with E-state index in [1.165, 1.54) is 12.1 Å². The molecule has 0 radical (unpaired) electrons. The molecule has 2 unspecified atom stereocenters. The number of likely N-dealkylation sites (tertiary alicyclic amines) is 2. The van der Waals surface area contributed by atoms with Gasteiger partial charge in [0.25, 0.3) is 0 Å². The molecule has 2 N–H and O–H groups in total. The van der Waals surface area contributed by atoms with Crippen molar-refractivity contribution in [3.8, 4) is 0 Å². The lowest BCUT2D eigenvalue weighted by Crippen LogP contribution is -2.41. The second-order valence-electron chi connectivity index (χ2n) is 8.71. The fraction of sp³-hybridized carbons (Fsp3) is 0.522. The number of nitrogens with one attached hydrogen (secondary N) is 2. The summed E-state index contributed by atoms with van der Waals surface area (Å²) in [5.41, 5.74) is 1.78. The third kappa shape index (κ3) is 5.37. The lowest BCUT2D eigenvalue weighted by atomic mass is 9.86. The first-order chi connectivity index (χ1) is 15.0. The van der Waals surface area contributed by atoms with Crippen molar-refractivity contribution in [2.75, 3.05) is 44.4 Å². The Kier molecular flexibility index (Phi) is 6.77. The molecule has 2 saturated heterocycles. The molecular formula is C23H31FN6O. The highest BCUT2D eigenvalue weighted by Crippen LogP contribution is 2.33. The van der Waals surface area contributed by atoms with Crippen LogP contribution in [0.5, 0.6) is 0 Å². The second-order valence-corrected chi connectivity index (χ2v) is 8.71. The number of benzene rings is 1. The first-order valence-electron chi connectivity index (χ1n) is 11.0. The van der Waals surface area contributed by atoms with Crippen LogP contribution in [0.4, 0.5) is 16.0 Å². The van der Waals surface area contributed by atoms with Crippen molar-refractivity contribution in [1.82, 2.24) is 19.8 Å². The summed E-state index contributed by atoms with van der Waals surface area (Å²) in [6, 6.07) is 6.39. The molecule has 2 fully saturated rings. The van der Waals surface area contributed by atoms with Crippen molar-refractivity contribution in [1.29, 1.82) is 0 Å². The Morgan fingerprint density at radius 1 is 1.16 bits per heavy atom. The van der Waals surface area contributed by atoms with Gasteiger partial charge in [-0.1, -0.05) is 0 Å². The maximum Gasteiger partial charge on any atom is 0.228 e. The largest absolute Gasteiger partial charge is 0.357 e. The lowest BCUT2D eigenvalue weighted by molar-refractivity contribution is -0.119. The number of nitrogens with zero attached hydrogens (tertiary/aromatic N) is 4. The summed E-state index contributed by atoms with van der Waals surface area (Å²) in [6.45, 7) is 3.75. The van der Waals surface area contributed by atoms with E-state index in [2.05, 4.69) is 37.4 Å². The van der Waals surface area contributed by atoms with E-state index < -0.39 is 0 Å². The standard InChI is InChI=1S/C23H31FN6O/c1-25-23-26-12-16(13-27-23)14-30-9-7-17(8-10-30)21-11-18(15-29(21)2)22(31)28-20-5-3-19(24)4-6-20/h3-6,12-13,17-18,21H,7-11,14-15H2,1-2H3,(H,28,31)(H,25,26,27). The van der Waals surface area contributed by atoms with Crippen LogP contribution in [0.3, 0.4) is 0 Å². The fourth-order valence-corrected chi connectivity index (χ4v) is 4.87. The molecule has 1 aromatic heterocycles. The number of rotatable bonds is 6. The molecule has 0 aliphatic carbocycles. The number of hydrogen-bond acceptors (Lipinski definition) is 6. The smallest absolute Gasteiger partial charge is 0.228 e. The highest BCUT2D eigenvalue weighted by atomic mass is 19.1. The van der Waals surface area contributed by atoms with Crippen molar-refractivity contribution in [3.05, 3.63) is 48.0 Å². The maximum absolute atomic E-state index is 13.1. The van der Waals surface area contributed by atoms with Gasteiger partial charge in [-0.15, -0.1) is 0 Å². The van der Waals surface area contributed by atoms with Crippen molar-refractivity contribution < 1.29 is 9.18 Å². The first kappa shape index (κ1) is 21.6. The van der Waals surface area contributed by atoms with Gasteiger partial charge in [-0.25, -0.2) is 14.4 Å². The number of carbonyl (C=O) groups excluding carboxylic acids is 1. The molecule has 2 aromatic rings. The van der Waals surface area contributed by atoms with E-state index in [1.807, 2.05) is 19.4 Å². The molecule has 2 atom stereocenters. The highest BCUT2D eigenvalue weighted by molar-refractivity contribution is 5.92. The summed E-state index contributed by atoms with van der Waals surface area (Å²) in [6.07, 6.45) is 6.93. The van der Waals surface area contributed by atoms with Gasteiger partial charge >= 0.3 is 0 Å². The van der Waals surface area contributed by atoms with E-state index in [9.17, 15) is 9.18 Å². The average molecular weight is 427 g/mol. The Bertz CT molecular complexity index is 867. The summed E-state index contributed by atoms with van der Waals surface area (Å²) >= 11 is 0. The Morgan fingerprint density at radius 2 is 1.84 bits per heavy atom. The molecule has 166 valence electrons. The van der Waals surface area contributed by atoms with Gasteiger partial charge in [-0.05, 0) is 69.6 Å². The van der Waals surface area contributed by atoms with E-state index in [0.29, 0.717) is 23.6 Å². The molecule has 0 spiro atoms. The molecule has 8 heteroatoms. The summed E-state index contributed by atoms with van der Waals surface area (Å²) in [5, 5.41) is 5.88. The number of carbonyl (C=O) groups is 1. The maximum atomic E-state index is 13.1. The molecule has 7 nitrogen and oxygen atoms in total. The van der Waals surface area contributed by atoms with E-state index in [1.54, 1.807) is 12.1 Å². The minimum atomic E-state index is -0.299. The predicted octanol–water partition coefficient (Wildman–Crippen LogP) is 2.83. The third-order valence-electron chi connectivity index (χ3n) is 6.59. The topological polar surface area (TPSA) is 73.4 Å². The first-order valence-corrected chi connectivity index (χ1v) is 11.0. The molecule has 31 heavy (non-hydrogen) atoms. The monoisotopic (exact) mass is 426 g/mol. The molecule has 3 heterocycles. The van der Waals surface area contributed by atoms with Crippen LogP contribution in [0.25, 0.3) is 0 Å². The van der Waals surface area contributed by atoms with Gasteiger partial charge in [0.1, 0.15) is 5.82 Å². The summed E-state index contributed by atoms with van der Waals surface area (Å²) in [4.78, 5) is 26.1. The van der Waals surface area contributed by atoms with Crippen LogP contribution in [0.2, 0.25) is 0 Å². The molecule has 1 amide bonds. The summed E-state index contributed by atoms with van der Waals surface area (Å²) in [5.74, 6) is 0.953. The number of halogens is 1. The number of amides is 1. The zero-order valence-electron chi connectivity index (χ0n) is 18.2.